The van der Waals surface area contributed by atoms with E-state index in [-0.39, 0.29) is 22.5 Å². The zero-order valence-corrected chi connectivity index (χ0v) is 15.8. The van der Waals surface area contributed by atoms with Crippen molar-refractivity contribution >= 4 is 6.09 Å². The Morgan fingerprint density at radius 1 is 1.08 bits per heavy atom. The van der Waals surface area contributed by atoms with Gasteiger partial charge in [-0.05, 0) is 32.3 Å². The van der Waals surface area contributed by atoms with Crippen LogP contribution in [0.3, 0.4) is 0 Å². The summed E-state index contributed by atoms with van der Waals surface area (Å²) in [5.74, 6) is -0.145. The minimum atomic E-state index is -1.21. The molecule has 142 valence electrons. The van der Waals surface area contributed by atoms with Gasteiger partial charge >= 0.3 is 6.09 Å². The Morgan fingerprint density at radius 3 is 2.15 bits per heavy atom. The highest BCUT2D eigenvalue weighted by Gasteiger charge is 2.39. The van der Waals surface area contributed by atoms with E-state index < -0.39 is 29.9 Å². The van der Waals surface area contributed by atoms with Crippen molar-refractivity contribution in [3.8, 4) is 0 Å². The molecule has 0 aliphatic carbocycles. The molecule has 1 amide bonds. The molecule has 0 saturated heterocycles. The third-order valence-electron chi connectivity index (χ3n) is 4.14. The summed E-state index contributed by atoms with van der Waals surface area (Å²) in [6, 6.07) is 8.07. The number of carbonyl (C=O) groups is 1. The molecule has 2 aromatic carbocycles. The van der Waals surface area contributed by atoms with Gasteiger partial charge in [-0.15, -0.1) is 0 Å². The fraction of sp³-hybridized carbons (Fsp3) is 0.500. The van der Waals surface area contributed by atoms with Crippen molar-refractivity contribution in [2.75, 3.05) is 0 Å². The Bertz CT molecular complexity index is 753. The van der Waals surface area contributed by atoms with Crippen LogP contribution in [0.15, 0.2) is 35.1 Å². The van der Waals surface area contributed by atoms with Crippen molar-refractivity contribution in [2.45, 2.75) is 58.5 Å². The highest BCUT2D eigenvalue weighted by molar-refractivity contribution is 5.68. The SMILES string of the molecule is CC(C)[C@H](NC(=O)OC(C)(C)C)C(O)c1c(C(O)c2ccccc2)c1=O. The second-order valence-corrected chi connectivity index (χ2v) is 7.83. The molecule has 0 aliphatic heterocycles. The highest BCUT2D eigenvalue weighted by Crippen LogP contribution is 2.33. The number of benzene rings is 1. The lowest BCUT2D eigenvalue weighted by Crippen LogP contribution is -2.45. The van der Waals surface area contributed by atoms with Crippen LogP contribution in [0, 0.1) is 5.92 Å². The van der Waals surface area contributed by atoms with Gasteiger partial charge in [-0.1, -0.05) is 44.2 Å². The first kappa shape index (κ1) is 20.1. The van der Waals surface area contributed by atoms with Crippen molar-refractivity contribution in [1.82, 2.24) is 5.32 Å². The summed E-state index contributed by atoms with van der Waals surface area (Å²) < 4.78 is 5.23. The van der Waals surface area contributed by atoms with Gasteiger partial charge in [0, 0.05) is 11.1 Å². The third-order valence-corrected chi connectivity index (χ3v) is 4.14. The summed E-state index contributed by atoms with van der Waals surface area (Å²) in [7, 11) is 0. The Labute approximate surface area is 153 Å². The number of amides is 1. The summed E-state index contributed by atoms with van der Waals surface area (Å²) in [5, 5.41) is 23.7. The monoisotopic (exact) mass is 361 g/mol. The molecule has 0 aliphatic rings. The van der Waals surface area contributed by atoms with Crippen molar-refractivity contribution in [3.05, 3.63) is 57.2 Å². The van der Waals surface area contributed by atoms with E-state index in [1.807, 2.05) is 19.9 Å². The van der Waals surface area contributed by atoms with E-state index in [4.69, 9.17) is 4.74 Å². The predicted octanol–water partition coefficient (Wildman–Crippen LogP) is 2.59. The maximum Gasteiger partial charge on any atom is 0.407 e. The lowest BCUT2D eigenvalue weighted by Gasteiger charge is -2.28. The molecule has 0 radical (unpaired) electrons. The van der Waals surface area contributed by atoms with Gasteiger partial charge < -0.3 is 20.3 Å². The number of rotatable bonds is 6. The number of aliphatic hydroxyl groups is 2. The van der Waals surface area contributed by atoms with Crippen molar-refractivity contribution < 1.29 is 19.7 Å². The summed E-state index contributed by atoms with van der Waals surface area (Å²) in [6.45, 7) is 8.88. The van der Waals surface area contributed by atoms with Crippen LogP contribution in [-0.2, 0) is 4.74 Å². The number of ether oxygens (including phenoxy) is 1. The Balaban J connectivity index is 2.15. The molecule has 3 N–H and O–H groups in total. The standard InChI is InChI=1S/C20H27NO5/c1-11(2)15(21-19(25)26-20(3,4)5)18(24)14-13(17(14)23)16(22)12-9-7-6-8-10-12/h6-11,15-16,18,22,24H,1-5H3,(H,21,25)/t15-,16?,18?/m0/s1. The number of carbonyl (C=O) groups excluding carboxylic acids is 1. The number of alkyl carbamates (subject to hydrolysis) is 1. The minimum absolute atomic E-state index is 0.145. The average Bonchev–Trinajstić information content (AvgIpc) is 3.21. The molecule has 6 heteroatoms. The van der Waals surface area contributed by atoms with Crippen LogP contribution in [-0.4, -0.2) is 27.9 Å². The second-order valence-electron chi connectivity index (χ2n) is 7.83. The predicted molar refractivity (Wildman–Crippen MR) is 98.5 cm³/mol. The maximum absolute atomic E-state index is 12.2. The van der Waals surface area contributed by atoms with Crippen LogP contribution >= 0.6 is 0 Å². The molecule has 3 atom stereocenters. The van der Waals surface area contributed by atoms with Gasteiger partial charge in [0.05, 0.1) is 6.04 Å². The van der Waals surface area contributed by atoms with E-state index in [2.05, 4.69) is 5.32 Å². The van der Waals surface area contributed by atoms with Gasteiger partial charge in [-0.2, -0.15) is 0 Å². The summed E-state index contributed by atoms with van der Waals surface area (Å²) in [6.07, 6.45) is -2.94. The van der Waals surface area contributed by atoms with E-state index in [9.17, 15) is 19.8 Å². The molecule has 2 rings (SSSR count). The zero-order valence-electron chi connectivity index (χ0n) is 15.8. The van der Waals surface area contributed by atoms with E-state index in [0.717, 1.165) is 0 Å². The topological polar surface area (TPSA) is 95.9 Å². The first-order valence-electron chi connectivity index (χ1n) is 8.72. The quantitative estimate of drug-likeness (QED) is 0.735. The van der Waals surface area contributed by atoms with Crippen LogP contribution in [0.5, 0.6) is 0 Å². The van der Waals surface area contributed by atoms with Crippen LogP contribution in [0.1, 0.15) is 63.5 Å². The molecular formula is C20H27NO5. The molecule has 0 fully saturated rings. The smallest absolute Gasteiger partial charge is 0.407 e. The van der Waals surface area contributed by atoms with E-state index in [1.165, 1.54) is 0 Å². The molecule has 26 heavy (non-hydrogen) atoms. The van der Waals surface area contributed by atoms with Gasteiger partial charge in [-0.25, -0.2) is 4.79 Å². The van der Waals surface area contributed by atoms with E-state index >= 15 is 0 Å². The number of hydrogen-bond donors (Lipinski definition) is 3. The fourth-order valence-corrected chi connectivity index (χ4v) is 2.80. The first-order chi connectivity index (χ1) is 12.0. The summed E-state index contributed by atoms with van der Waals surface area (Å²) >= 11 is 0. The van der Waals surface area contributed by atoms with E-state index in [0.29, 0.717) is 5.56 Å². The van der Waals surface area contributed by atoms with Crippen LogP contribution in [0.2, 0.25) is 0 Å². The zero-order chi connectivity index (χ0) is 19.6. The fourth-order valence-electron chi connectivity index (χ4n) is 2.80. The molecule has 2 unspecified atom stereocenters. The lowest BCUT2D eigenvalue weighted by molar-refractivity contribution is 0.0376. The Morgan fingerprint density at radius 2 is 1.65 bits per heavy atom. The minimum Gasteiger partial charge on any atom is -0.444 e. The maximum atomic E-state index is 12.2. The van der Waals surface area contributed by atoms with Crippen molar-refractivity contribution in [2.24, 2.45) is 5.92 Å². The Hall–Kier alpha value is -2.18. The molecule has 0 spiro atoms. The molecule has 6 nitrogen and oxygen atoms in total. The largest absolute Gasteiger partial charge is 0.444 e. The molecule has 0 saturated carbocycles. The number of hydrogen-bond acceptors (Lipinski definition) is 5. The first-order valence-corrected chi connectivity index (χ1v) is 8.72. The Kier molecular flexibility index (Phi) is 5.88. The van der Waals surface area contributed by atoms with Gasteiger partial charge in [0.25, 0.3) is 0 Å². The number of aliphatic hydroxyl groups excluding tert-OH is 2. The highest BCUT2D eigenvalue weighted by atomic mass is 16.6. The molecule has 0 aromatic heterocycles. The molecular weight excluding hydrogens is 334 g/mol. The van der Waals surface area contributed by atoms with Gasteiger partial charge in [-0.3, -0.25) is 4.79 Å². The van der Waals surface area contributed by atoms with Gasteiger partial charge in [0.15, 0.2) is 5.43 Å². The molecule has 2 aromatic rings. The summed E-state index contributed by atoms with van der Waals surface area (Å²) in [5.41, 5.74) is -0.0823. The van der Waals surface area contributed by atoms with Gasteiger partial charge in [0.2, 0.25) is 0 Å². The second kappa shape index (κ2) is 7.60. The normalized spacial score (nSPS) is 15.7. The average molecular weight is 361 g/mol. The lowest BCUT2D eigenvalue weighted by atomic mass is 9.96. The summed E-state index contributed by atoms with van der Waals surface area (Å²) in [4.78, 5) is 24.2. The van der Waals surface area contributed by atoms with Crippen LogP contribution in [0.4, 0.5) is 4.79 Å². The van der Waals surface area contributed by atoms with Crippen molar-refractivity contribution in [3.63, 3.8) is 0 Å². The van der Waals surface area contributed by atoms with Crippen molar-refractivity contribution in [1.29, 1.82) is 0 Å². The molecule has 0 heterocycles. The van der Waals surface area contributed by atoms with Gasteiger partial charge in [0.1, 0.15) is 17.8 Å². The van der Waals surface area contributed by atoms with Crippen LogP contribution < -0.4 is 10.7 Å². The number of nitrogens with one attached hydrogen (secondary N) is 1. The molecule has 0 bridgehead atoms. The van der Waals surface area contributed by atoms with E-state index in [1.54, 1.807) is 45.0 Å². The third kappa shape index (κ3) is 4.71. The van der Waals surface area contributed by atoms with Crippen LogP contribution in [0.25, 0.3) is 0 Å².